The zero-order valence-corrected chi connectivity index (χ0v) is 9.02. The van der Waals surface area contributed by atoms with Gasteiger partial charge in [-0.3, -0.25) is 0 Å². The second-order valence-electron chi connectivity index (χ2n) is 3.57. The van der Waals surface area contributed by atoms with Crippen LogP contribution < -0.4 is 0 Å². The van der Waals surface area contributed by atoms with Crippen molar-refractivity contribution >= 4 is 0 Å². The van der Waals surface area contributed by atoms with Gasteiger partial charge in [0.15, 0.2) is 5.82 Å². The summed E-state index contributed by atoms with van der Waals surface area (Å²) in [5.74, 6) is 1.16. The minimum absolute atomic E-state index is 0.573. The van der Waals surface area contributed by atoms with E-state index in [0.29, 0.717) is 11.6 Å². The molecule has 0 saturated heterocycles. The fraction of sp³-hybridized carbons (Fsp3) is 0.273. The summed E-state index contributed by atoms with van der Waals surface area (Å²) in [6.07, 6.45) is 0. The molecule has 0 N–H and O–H groups in total. The van der Waals surface area contributed by atoms with Crippen LogP contribution in [0.2, 0.25) is 0 Å². The lowest BCUT2D eigenvalue weighted by Crippen LogP contribution is -1.98. The third-order valence-electron chi connectivity index (χ3n) is 2.34. The van der Waals surface area contributed by atoms with Gasteiger partial charge < -0.3 is 0 Å². The van der Waals surface area contributed by atoms with E-state index in [1.54, 1.807) is 6.92 Å². The van der Waals surface area contributed by atoms with Crippen LogP contribution in [0.4, 0.5) is 0 Å². The first kappa shape index (κ1) is 9.71. The van der Waals surface area contributed by atoms with Gasteiger partial charge in [0, 0.05) is 5.56 Å². The highest BCUT2D eigenvalue weighted by Crippen LogP contribution is 2.17. The van der Waals surface area contributed by atoms with Crippen molar-refractivity contribution < 1.29 is 0 Å². The van der Waals surface area contributed by atoms with Gasteiger partial charge in [0.1, 0.15) is 0 Å². The molecule has 0 bridgehead atoms. The summed E-state index contributed by atoms with van der Waals surface area (Å²) < 4.78 is 0. The maximum Gasteiger partial charge on any atom is 0.203 e. The summed E-state index contributed by atoms with van der Waals surface area (Å²) in [5.41, 5.74) is 3.43. The lowest BCUT2D eigenvalue weighted by molar-refractivity contribution is 0.816. The molecule has 1 aromatic heterocycles. The molecule has 0 spiro atoms. The molecule has 0 unspecified atom stereocenters. The Hall–Kier alpha value is -1.84. The van der Waals surface area contributed by atoms with Crippen LogP contribution in [0.1, 0.15) is 17.0 Å². The summed E-state index contributed by atoms with van der Waals surface area (Å²) in [5, 5.41) is 15.8. The maximum atomic E-state index is 4.00. The van der Waals surface area contributed by atoms with Crippen molar-refractivity contribution in [3.63, 3.8) is 0 Å². The molecule has 0 atom stereocenters. The molecule has 2 rings (SSSR count). The normalized spacial score (nSPS) is 10.3. The Morgan fingerprint density at radius 3 is 2.07 bits per heavy atom. The van der Waals surface area contributed by atoms with Gasteiger partial charge >= 0.3 is 0 Å². The molecule has 0 amide bonds. The SMILES string of the molecule is Cc1nnc(-c2ccc(C)c(C)c2)nn1. The minimum Gasteiger partial charge on any atom is -0.131 e. The number of benzene rings is 1. The molecule has 0 radical (unpaired) electrons. The number of nitrogens with zero attached hydrogens (tertiary/aromatic N) is 4. The van der Waals surface area contributed by atoms with Crippen molar-refractivity contribution in [1.82, 2.24) is 20.4 Å². The van der Waals surface area contributed by atoms with Gasteiger partial charge in [0.05, 0.1) is 0 Å². The van der Waals surface area contributed by atoms with Crippen LogP contribution in [0.5, 0.6) is 0 Å². The van der Waals surface area contributed by atoms with Crippen molar-refractivity contribution in [2.45, 2.75) is 20.8 Å². The molecule has 0 fully saturated rings. The molecule has 0 aliphatic rings. The van der Waals surface area contributed by atoms with E-state index >= 15 is 0 Å². The topological polar surface area (TPSA) is 51.6 Å². The van der Waals surface area contributed by atoms with Gasteiger partial charge in [-0.05, 0) is 38.0 Å². The fourth-order valence-corrected chi connectivity index (χ4v) is 1.28. The summed E-state index contributed by atoms with van der Waals surface area (Å²) in [4.78, 5) is 0. The van der Waals surface area contributed by atoms with E-state index in [1.807, 2.05) is 18.2 Å². The van der Waals surface area contributed by atoms with Gasteiger partial charge in [0.2, 0.25) is 5.82 Å². The molecular weight excluding hydrogens is 188 g/mol. The average molecular weight is 200 g/mol. The molecule has 0 aliphatic heterocycles. The van der Waals surface area contributed by atoms with E-state index in [-0.39, 0.29) is 0 Å². The van der Waals surface area contributed by atoms with E-state index in [1.165, 1.54) is 11.1 Å². The van der Waals surface area contributed by atoms with E-state index < -0.39 is 0 Å². The van der Waals surface area contributed by atoms with Crippen molar-refractivity contribution in [3.05, 3.63) is 35.2 Å². The molecule has 0 saturated carbocycles. The third kappa shape index (κ3) is 1.98. The molecule has 1 aromatic carbocycles. The lowest BCUT2D eigenvalue weighted by atomic mass is 10.1. The molecule has 4 nitrogen and oxygen atoms in total. The van der Waals surface area contributed by atoms with Crippen LogP contribution in [-0.4, -0.2) is 20.4 Å². The Morgan fingerprint density at radius 1 is 0.800 bits per heavy atom. The molecule has 4 heteroatoms. The predicted molar refractivity (Wildman–Crippen MR) is 57.3 cm³/mol. The van der Waals surface area contributed by atoms with Crippen molar-refractivity contribution in [3.8, 4) is 11.4 Å². The lowest BCUT2D eigenvalue weighted by Gasteiger charge is -2.02. The summed E-state index contributed by atoms with van der Waals surface area (Å²) in [6.45, 7) is 5.91. The fourth-order valence-electron chi connectivity index (χ4n) is 1.28. The Labute approximate surface area is 88.4 Å². The zero-order chi connectivity index (χ0) is 10.8. The second-order valence-corrected chi connectivity index (χ2v) is 3.57. The van der Waals surface area contributed by atoms with Gasteiger partial charge in [-0.25, -0.2) is 0 Å². The van der Waals surface area contributed by atoms with E-state index in [2.05, 4.69) is 34.2 Å². The number of rotatable bonds is 1. The number of hydrogen-bond donors (Lipinski definition) is 0. The summed E-state index contributed by atoms with van der Waals surface area (Å²) >= 11 is 0. The van der Waals surface area contributed by atoms with Crippen LogP contribution in [0.25, 0.3) is 11.4 Å². The Bertz CT molecular complexity index is 476. The van der Waals surface area contributed by atoms with Gasteiger partial charge in [-0.15, -0.1) is 20.4 Å². The predicted octanol–water partition coefficient (Wildman–Crippen LogP) is 1.86. The summed E-state index contributed by atoms with van der Waals surface area (Å²) in [6, 6.07) is 6.08. The van der Waals surface area contributed by atoms with Crippen LogP contribution in [0.3, 0.4) is 0 Å². The average Bonchev–Trinajstić information content (AvgIpc) is 2.23. The number of hydrogen-bond acceptors (Lipinski definition) is 4. The first-order valence-electron chi connectivity index (χ1n) is 4.78. The largest absolute Gasteiger partial charge is 0.203 e. The quantitative estimate of drug-likeness (QED) is 0.705. The standard InChI is InChI=1S/C11H12N4/c1-7-4-5-10(6-8(7)2)11-14-12-9(3)13-15-11/h4-6H,1-3H3. The molecular formula is C11H12N4. The second kappa shape index (κ2) is 3.73. The summed E-state index contributed by atoms with van der Waals surface area (Å²) in [7, 11) is 0. The first-order valence-corrected chi connectivity index (χ1v) is 4.78. The van der Waals surface area contributed by atoms with E-state index in [0.717, 1.165) is 5.56 Å². The monoisotopic (exact) mass is 200 g/mol. The highest BCUT2D eigenvalue weighted by molar-refractivity contribution is 5.56. The van der Waals surface area contributed by atoms with Gasteiger partial charge in [-0.1, -0.05) is 12.1 Å². The van der Waals surface area contributed by atoms with E-state index in [9.17, 15) is 0 Å². The van der Waals surface area contributed by atoms with Crippen LogP contribution in [-0.2, 0) is 0 Å². The molecule has 1 heterocycles. The molecule has 2 aromatic rings. The Kier molecular flexibility index (Phi) is 2.41. The minimum atomic E-state index is 0.573. The van der Waals surface area contributed by atoms with Crippen molar-refractivity contribution in [2.75, 3.05) is 0 Å². The number of aryl methyl sites for hydroxylation is 3. The van der Waals surface area contributed by atoms with Crippen molar-refractivity contribution in [1.29, 1.82) is 0 Å². The molecule has 0 aliphatic carbocycles. The molecule has 15 heavy (non-hydrogen) atoms. The smallest absolute Gasteiger partial charge is 0.131 e. The first-order chi connectivity index (χ1) is 7.16. The Balaban J connectivity index is 2.45. The van der Waals surface area contributed by atoms with E-state index in [4.69, 9.17) is 0 Å². The molecule has 76 valence electrons. The van der Waals surface area contributed by atoms with Gasteiger partial charge in [0.25, 0.3) is 0 Å². The highest BCUT2D eigenvalue weighted by atomic mass is 15.3. The number of aromatic nitrogens is 4. The van der Waals surface area contributed by atoms with Gasteiger partial charge in [-0.2, -0.15) is 0 Å². The Morgan fingerprint density at radius 2 is 1.47 bits per heavy atom. The highest BCUT2D eigenvalue weighted by Gasteiger charge is 2.03. The zero-order valence-electron chi connectivity index (χ0n) is 9.02. The van der Waals surface area contributed by atoms with Crippen LogP contribution >= 0.6 is 0 Å². The van der Waals surface area contributed by atoms with Crippen LogP contribution in [0, 0.1) is 20.8 Å². The maximum absolute atomic E-state index is 4.00. The van der Waals surface area contributed by atoms with Crippen LogP contribution in [0.15, 0.2) is 18.2 Å². The third-order valence-corrected chi connectivity index (χ3v) is 2.34. The van der Waals surface area contributed by atoms with Crippen molar-refractivity contribution in [2.24, 2.45) is 0 Å².